The lowest BCUT2D eigenvalue weighted by Crippen LogP contribution is -2.52. The van der Waals surface area contributed by atoms with E-state index >= 15 is 0 Å². The van der Waals surface area contributed by atoms with Gasteiger partial charge in [-0.3, -0.25) is 9.59 Å². The number of nitrogens with one attached hydrogen (secondary N) is 1. The van der Waals surface area contributed by atoms with Gasteiger partial charge in [0.2, 0.25) is 11.8 Å². The Morgan fingerprint density at radius 3 is 2.44 bits per heavy atom. The van der Waals surface area contributed by atoms with Crippen LogP contribution in [0.2, 0.25) is 0 Å². The zero-order valence-electron chi connectivity index (χ0n) is 13.9. The number of amides is 2. The molecule has 1 aliphatic heterocycles. The Morgan fingerprint density at radius 2 is 1.76 bits per heavy atom. The minimum Gasteiger partial charge on any atom is -0.368 e. The summed E-state index contributed by atoms with van der Waals surface area (Å²) >= 11 is 0. The minimum absolute atomic E-state index is 0.165. The second kappa shape index (κ2) is 5.77. The molecule has 5 nitrogen and oxygen atoms in total. The Bertz CT molecular complexity index is 961. The highest BCUT2D eigenvalue weighted by Crippen LogP contribution is 2.40. The van der Waals surface area contributed by atoms with E-state index in [2.05, 4.69) is 4.98 Å². The lowest BCUT2D eigenvalue weighted by atomic mass is 9.87. The van der Waals surface area contributed by atoms with E-state index in [1.165, 1.54) is 6.92 Å². The molecule has 0 radical (unpaired) electrons. The second-order valence-corrected chi connectivity index (χ2v) is 6.42. The Labute approximate surface area is 145 Å². The predicted octanol–water partition coefficient (Wildman–Crippen LogP) is 2.52. The number of rotatable bonds is 2. The first-order chi connectivity index (χ1) is 12.1. The quantitative estimate of drug-likeness (QED) is 0.756. The first-order valence-electron chi connectivity index (χ1n) is 8.30. The molecule has 1 aliphatic rings. The van der Waals surface area contributed by atoms with E-state index in [4.69, 9.17) is 5.73 Å². The highest BCUT2D eigenvalue weighted by atomic mass is 16.2. The van der Waals surface area contributed by atoms with Crippen molar-refractivity contribution in [3.63, 3.8) is 0 Å². The van der Waals surface area contributed by atoms with Crippen molar-refractivity contribution in [1.29, 1.82) is 0 Å². The third kappa shape index (κ3) is 2.39. The average molecular weight is 333 g/mol. The fraction of sp³-hybridized carbons (Fsp3) is 0.200. The number of aromatic amines is 1. The lowest BCUT2D eigenvalue weighted by molar-refractivity contribution is -0.140. The molecule has 0 saturated carbocycles. The molecule has 2 amide bonds. The Hall–Kier alpha value is -3.08. The zero-order valence-corrected chi connectivity index (χ0v) is 13.9. The van der Waals surface area contributed by atoms with Crippen molar-refractivity contribution in [3.05, 3.63) is 71.4 Å². The van der Waals surface area contributed by atoms with Gasteiger partial charge in [-0.1, -0.05) is 48.5 Å². The minimum atomic E-state index is -0.658. The molecule has 0 fully saturated rings. The van der Waals surface area contributed by atoms with Crippen LogP contribution in [0.4, 0.5) is 0 Å². The predicted molar refractivity (Wildman–Crippen MR) is 95.8 cm³/mol. The highest BCUT2D eigenvalue weighted by Gasteiger charge is 2.41. The van der Waals surface area contributed by atoms with Gasteiger partial charge in [0.1, 0.15) is 6.04 Å². The number of fused-ring (bicyclic) bond motifs is 3. The number of hydrogen-bond acceptors (Lipinski definition) is 2. The lowest BCUT2D eigenvalue weighted by Gasteiger charge is -2.40. The van der Waals surface area contributed by atoms with Gasteiger partial charge in [0.25, 0.3) is 0 Å². The number of para-hydroxylation sites is 1. The maximum atomic E-state index is 12.4. The molecule has 1 aromatic heterocycles. The van der Waals surface area contributed by atoms with Crippen molar-refractivity contribution < 1.29 is 9.59 Å². The molecule has 2 heterocycles. The molecule has 1 unspecified atom stereocenters. The van der Waals surface area contributed by atoms with Crippen LogP contribution in [0.15, 0.2) is 54.6 Å². The molecule has 25 heavy (non-hydrogen) atoms. The molecule has 126 valence electrons. The summed E-state index contributed by atoms with van der Waals surface area (Å²) in [5.74, 6) is -0.644. The molecule has 0 aliphatic carbocycles. The van der Waals surface area contributed by atoms with Gasteiger partial charge in [-0.2, -0.15) is 0 Å². The smallest absolute Gasteiger partial charge is 0.240 e. The molecule has 5 heteroatoms. The number of carbonyl (C=O) groups excluding carboxylic acids is 2. The van der Waals surface area contributed by atoms with Gasteiger partial charge in [0, 0.05) is 29.9 Å². The molecule has 0 bridgehead atoms. The van der Waals surface area contributed by atoms with E-state index in [9.17, 15) is 9.59 Å². The SMILES string of the molecule is CC(=O)N1C(c2ccccc2)c2[nH]c3ccccc3c2C[C@@H]1C(N)=O. The first-order valence-corrected chi connectivity index (χ1v) is 8.30. The number of hydrogen-bond donors (Lipinski definition) is 2. The van der Waals surface area contributed by atoms with Crippen LogP contribution < -0.4 is 5.73 Å². The number of carbonyl (C=O) groups is 2. The van der Waals surface area contributed by atoms with Crippen LogP contribution in [0.5, 0.6) is 0 Å². The topological polar surface area (TPSA) is 79.2 Å². The fourth-order valence-electron chi connectivity index (χ4n) is 3.89. The number of benzene rings is 2. The summed E-state index contributed by atoms with van der Waals surface area (Å²) in [6.07, 6.45) is 0.428. The van der Waals surface area contributed by atoms with Gasteiger partial charge < -0.3 is 15.6 Å². The van der Waals surface area contributed by atoms with Crippen LogP contribution in [-0.4, -0.2) is 27.7 Å². The van der Waals surface area contributed by atoms with E-state index in [1.807, 2.05) is 54.6 Å². The fourth-order valence-corrected chi connectivity index (χ4v) is 3.89. The molecule has 0 spiro atoms. The monoisotopic (exact) mass is 333 g/mol. The summed E-state index contributed by atoms with van der Waals surface area (Å²) in [5.41, 5.74) is 9.64. The van der Waals surface area contributed by atoms with Crippen LogP contribution >= 0.6 is 0 Å². The van der Waals surface area contributed by atoms with Gasteiger partial charge in [-0.15, -0.1) is 0 Å². The van der Waals surface area contributed by atoms with Crippen LogP contribution in [-0.2, 0) is 16.0 Å². The third-order valence-corrected chi connectivity index (χ3v) is 4.94. The summed E-state index contributed by atoms with van der Waals surface area (Å²) < 4.78 is 0. The number of aromatic nitrogens is 1. The van der Waals surface area contributed by atoms with E-state index in [-0.39, 0.29) is 11.9 Å². The highest BCUT2D eigenvalue weighted by molar-refractivity contribution is 5.91. The average Bonchev–Trinajstić information content (AvgIpc) is 2.99. The van der Waals surface area contributed by atoms with Crippen molar-refractivity contribution in [2.24, 2.45) is 5.73 Å². The summed E-state index contributed by atoms with van der Waals surface area (Å²) in [6, 6.07) is 16.7. The Kier molecular flexibility index (Phi) is 3.57. The zero-order chi connectivity index (χ0) is 17.6. The van der Waals surface area contributed by atoms with Gasteiger partial charge in [0.15, 0.2) is 0 Å². The number of H-pyrrole nitrogens is 1. The van der Waals surface area contributed by atoms with E-state index in [0.717, 1.165) is 27.7 Å². The first kappa shape index (κ1) is 15.4. The number of nitrogens with two attached hydrogens (primary N) is 1. The van der Waals surface area contributed by atoms with E-state index in [1.54, 1.807) is 4.90 Å². The number of primary amides is 1. The van der Waals surface area contributed by atoms with Crippen molar-refractivity contribution in [2.45, 2.75) is 25.4 Å². The standard InChI is InChI=1S/C20H19N3O2/c1-12(24)23-17(20(21)25)11-15-14-9-5-6-10-16(14)22-18(15)19(23)13-7-3-2-4-8-13/h2-10,17,19,22H,11H2,1H3,(H2,21,25)/t17-,19?/m1/s1. The Balaban J connectivity index is 2.00. The van der Waals surface area contributed by atoms with Gasteiger partial charge in [-0.05, 0) is 17.2 Å². The summed E-state index contributed by atoms with van der Waals surface area (Å²) in [5, 5.41) is 1.08. The van der Waals surface area contributed by atoms with Crippen LogP contribution in [0.25, 0.3) is 10.9 Å². The largest absolute Gasteiger partial charge is 0.368 e. The molecule has 0 saturated heterocycles. The molecule has 2 aromatic carbocycles. The van der Waals surface area contributed by atoms with Gasteiger partial charge >= 0.3 is 0 Å². The second-order valence-electron chi connectivity index (χ2n) is 6.42. The molecular weight excluding hydrogens is 314 g/mol. The molecule has 2 atom stereocenters. The van der Waals surface area contributed by atoms with Crippen LogP contribution in [0.1, 0.15) is 29.8 Å². The Morgan fingerprint density at radius 1 is 1.08 bits per heavy atom. The molecular formula is C20H19N3O2. The van der Waals surface area contributed by atoms with Crippen LogP contribution in [0.3, 0.4) is 0 Å². The van der Waals surface area contributed by atoms with Gasteiger partial charge in [0.05, 0.1) is 6.04 Å². The van der Waals surface area contributed by atoms with Gasteiger partial charge in [-0.25, -0.2) is 0 Å². The van der Waals surface area contributed by atoms with Crippen LogP contribution in [0, 0.1) is 0 Å². The third-order valence-electron chi connectivity index (χ3n) is 4.94. The van der Waals surface area contributed by atoms with E-state index in [0.29, 0.717) is 6.42 Å². The summed E-state index contributed by atoms with van der Waals surface area (Å²) in [4.78, 5) is 29.6. The molecule has 3 N–H and O–H groups in total. The normalized spacial score (nSPS) is 19.6. The summed E-state index contributed by atoms with van der Waals surface area (Å²) in [7, 11) is 0. The summed E-state index contributed by atoms with van der Waals surface area (Å²) in [6.45, 7) is 1.49. The molecule has 3 aromatic rings. The maximum Gasteiger partial charge on any atom is 0.240 e. The van der Waals surface area contributed by atoms with Crippen molar-refractivity contribution >= 4 is 22.7 Å². The molecule has 4 rings (SSSR count). The van der Waals surface area contributed by atoms with Crippen molar-refractivity contribution in [3.8, 4) is 0 Å². The van der Waals surface area contributed by atoms with Crippen molar-refractivity contribution in [2.75, 3.05) is 0 Å². The van der Waals surface area contributed by atoms with E-state index < -0.39 is 11.9 Å². The maximum absolute atomic E-state index is 12.4. The van der Waals surface area contributed by atoms with Crippen molar-refractivity contribution in [1.82, 2.24) is 9.88 Å². The number of nitrogens with zero attached hydrogens (tertiary/aromatic N) is 1.